The van der Waals surface area contributed by atoms with Crippen molar-refractivity contribution in [3.8, 4) is 11.4 Å². The third-order valence-electron chi connectivity index (χ3n) is 4.90. The molecule has 2 atom stereocenters. The standard InChI is InChI=1S/C22H22N4O3/c1-2-29-16-10-6-7-14(11-16)17-12-18(17)24-22(28)19-13-20(21(23)27)26(25-19)15-8-4-3-5-9-15/h3-11,13,17-18H,2,12H2,1H3,(H2,23,27)(H,24,28)/t17-,18+/m0/s1. The quantitative estimate of drug-likeness (QED) is 0.648. The number of rotatable bonds is 7. The Morgan fingerprint density at radius 1 is 1.17 bits per heavy atom. The zero-order chi connectivity index (χ0) is 20.4. The van der Waals surface area contributed by atoms with Crippen LogP contribution in [0, 0.1) is 0 Å². The van der Waals surface area contributed by atoms with E-state index in [1.165, 1.54) is 10.7 Å². The Morgan fingerprint density at radius 3 is 2.69 bits per heavy atom. The predicted octanol–water partition coefficient (Wildman–Crippen LogP) is 2.66. The molecule has 148 valence electrons. The van der Waals surface area contributed by atoms with Crippen molar-refractivity contribution < 1.29 is 14.3 Å². The average molecular weight is 390 g/mol. The van der Waals surface area contributed by atoms with Gasteiger partial charge in [-0.1, -0.05) is 30.3 Å². The molecule has 1 fully saturated rings. The number of hydrogen-bond donors (Lipinski definition) is 2. The fourth-order valence-electron chi connectivity index (χ4n) is 3.40. The van der Waals surface area contributed by atoms with Crippen LogP contribution in [-0.4, -0.2) is 34.2 Å². The normalized spacial score (nSPS) is 17.6. The topological polar surface area (TPSA) is 99.2 Å². The van der Waals surface area contributed by atoms with Crippen LogP contribution < -0.4 is 15.8 Å². The summed E-state index contributed by atoms with van der Waals surface area (Å²) in [6.07, 6.45) is 0.851. The minimum absolute atomic E-state index is 0.0262. The molecular formula is C22H22N4O3. The Morgan fingerprint density at radius 2 is 1.97 bits per heavy atom. The Hall–Kier alpha value is -3.61. The van der Waals surface area contributed by atoms with Crippen LogP contribution in [0.15, 0.2) is 60.7 Å². The number of benzene rings is 2. The SMILES string of the molecule is CCOc1cccc([C@@H]2C[C@H]2NC(=O)c2cc(C(N)=O)n(-c3ccccc3)n2)c1. The maximum atomic E-state index is 12.7. The molecule has 1 aromatic heterocycles. The Kier molecular flexibility index (Phi) is 5.03. The van der Waals surface area contributed by atoms with Crippen LogP contribution in [0.3, 0.4) is 0 Å². The summed E-state index contributed by atoms with van der Waals surface area (Å²) in [5, 5.41) is 7.30. The van der Waals surface area contributed by atoms with Crippen molar-refractivity contribution in [1.29, 1.82) is 0 Å². The van der Waals surface area contributed by atoms with Gasteiger partial charge < -0.3 is 15.8 Å². The van der Waals surface area contributed by atoms with Gasteiger partial charge in [-0.15, -0.1) is 0 Å². The Balaban J connectivity index is 1.49. The Bertz CT molecular complexity index is 1050. The molecule has 3 aromatic rings. The summed E-state index contributed by atoms with van der Waals surface area (Å²) >= 11 is 0. The van der Waals surface area contributed by atoms with E-state index in [0.29, 0.717) is 12.3 Å². The van der Waals surface area contributed by atoms with Crippen LogP contribution in [0.25, 0.3) is 5.69 Å². The zero-order valence-electron chi connectivity index (χ0n) is 16.0. The van der Waals surface area contributed by atoms with E-state index in [9.17, 15) is 9.59 Å². The van der Waals surface area contributed by atoms with Crippen LogP contribution in [0.4, 0.5) is 0 Å². The monoisotopic (exact) mass is 390 g/mol. The lowest BCUT2D eigenvalue weighted by Gasteiger charge is -2.06. The second-order valence-corrected chi connectivity index (χ2v) is 6.95. The average Bonchev–Trinajstić information content (AvgIpc) is 3.33. The largest absolute Gasteiger partial charge is 0.494 e. The molecule has 1 saturated carbocycles. The van der Waals surface area contributed by atoms with Crippen molar-refractivity contribution in [2.75, 3.05) is 6.61 Å². The second-order valence-electron chi connectivity index (χ2n) is 6.95. The van der Waals surface area contributed by atoms with E-state index in [1.54, 1.807) is 12.1 Å². The molecular weight excluding hydrogens is 368 g/mol. The molecule has 29 heavy (non-hydrogen) atoms. The molecule has 7 heteroatoms. The van der Waals surface area contributed by atoms with Gasteiger partial charge in [0.15, 0.2) is 5.69 Å². The van der Waals surface area contributed by atoms with E-state index in [2.05, 4.69) is 10.4 Å². The number of carbonyl (C=O) groups is 2. The van der Waals surface area contributed by atoms with Gasteiger partial charge in [-0.25, -0.2) is 4.68 Å². The van der Waals surface area contributed by atoms with Gasteiger partial charge in [0.1, 0.15) is 11.4 Å². The Labute approximate surface area is 168 Å². The molecule has 0 aliphatic heterocycles. The summed E-state index contributed by atoms with van der Waals surface area (Å²) in [5.74, 6) is 0.106. The number of nitrogens with two attached hydrogens (primary N) is 1. The predicted molar refractivity (Wildman–Crippen MR) is 108 cm³/mol. The van der Waals surface area contributed by atoms with Crippen LogP contribution in [-0.2, 0) is 0 Å². The minimum atomic E-state index is -0.641. The molecule has 1 aliphatic carbocycles. The summed E-state index contributed by atoms with van der Waals surface area (Å²) < 4.78 is 6.94. The van der Waals surface area contributed by atoms with Crippen molar-refractivity contribution in [3.05, 3.63) is 77.6 Å². The molecule has 0 saturated heterocycles. The first-order valence-electron chi connectivity index (χ1n) is 9.55. The van der Waals surface area contributed by atoms with E-state index >= 15 is 0 Å². The maximum Gasteiger partial charge on any atom is 0.272 e. The van der Waals surface area contributed by atoms with E-state index in [1.807, 2.05) is 49.4 Å². The van der Waals surface area contributed by atoms with Gasteiger partial charge in [0.05, 0.1) is 12.3 Å². The van der Waals surface area contributed by atoms with E-state index < -0.39 is 5.91 Å². The second kappa shape index (κ2) is 7.79. The third-order valence-corrected chi connectivity index (χ3v) is 4.90. The van der Waals surface area contributed by atoms with E-state index in [-0.39, 0.29) is 29.3 Å². The molecule has 0 bridgehead atoms. The summed E-state index contributed by atoms with van der Waals surface area (Å²) in [7, 11) is 0. The van der Waals surface area contributed by atoms with Crippen LogP contribution >= 0.6 is 0 Å². The molecule has 7 nitrogen and oxygen atoms in total. The number of primary amides is 1. The lowest BCUT2D eigenvalue weighted by Crippen LogP contribution is -2.27. The van der Waals surface area contributed by atoms with Crippen LogP contribution in [0.2, 0.25) is 0 Å². The first kappa shape index (κ1) is 18.7. The molecule has 0 spiro atoms. The van der Waals surface area contributed by atoms with Gasteiger partial charge in [0.25, 0.3) is 11.8 Å². The fraction of sp³-hybridized carbons (Fsp3) is 0.227. The molecule has 0 unspecified atom stereocenters. The lowest BCUT2D eigenvalue weighted by atomic mass is 10.1. The highest BCUT2D eigenvalue weighted by Crippen LogP contribution is 2.41. The highest BCUT2D eigenvalue weighted by molar-refractivity contribution is 5.98. The third kappa shape index (κ3) is 3.99. The molecule has 1 aliphatic rings. The number of para-hydroxylation sites is 1. The minimum Gasteiger partial charge on any atom is -0.494 e. The van der Waals surface area contributed by atoms with Crippen LogP contribution in [0.5, 0.6) is 5.75 Å². The van der Waals surface area contributed by atoms with Gasteiger partial charge in [0, 0.05) is 18.0 Å². The number of hydrogen-bond acceptors (Lipinski definition) is 4. The highest BCUT2D eigenvalue weighted by Gasteiger charge is 2.40. The lowest BCUT2D eigenvalue weighted by molar-refractivity contribution is 0.0944. The highest BCUT2D eigenvalue weighted by atomic mass is 16.5. The first-order chi connectivity index (χ1) is 14.1. The number of aromatic nitrogens is 2. The maximum absolute atomic E-state index is 12.7. The van der Waals surface area contributed by atoms with Gasteiger partial charge in [-0.3, -0.25) is 9.59 Å². The zero-order valence-corrected chi connectivity index (χ0v) is 16.0. The van der Waals surface area contributed by atoms with Crippen molar-refractivity contribution in [1.82, 2.24) is 15.1 Å². The van der Waals surface area contributed by atoms with Crippen LogP contribution in [0.1, 0.15) is 45.8 Å². The van der Waals surface area contributed by atoms with Gasteiger partial charge in [-0.05, 0) is 43.2 Å². The molecule has 3 N–H and O–H groups in total. The van der Waals surface area contributed by atoms with Crippen molar-refractivity contribution in [2.45, 2.75) is 25.3 Å². The molecule has 2 amide bonds. The van der Waals surface area contributed by atoms with E-state index in [4.69, 9.17) is 10.5 Å². The molecule has 4 rings (SSSR count). The number of amides is 2. The number of ether oxygens (including phenoxy) is 1. The fourth-order valence-corrected chi connectivity index (χ4v) is 3.40. The summed E-state index contributed by atoms with van der Waals surface area (Å²) in [6.45, 7) is 2.56. The van der Waals surface area contributed by atoms with E-state index in [0.717, 1.165) is 17.7 Å². The van der Waals surface area contributed by atoms with Gasteiger partial charge in [-0.2, -0.15) is 5.10 Å². The summed E-state index contributed by atoms with van der Waals surface area (Å²) in [6, 6.07) is 18.5. The number of carbonyl (C=O) groups excluding carboxylic acids is 2. The van der Waals surface area contributed by atoms with Gasteiger partial charge in [0.2, 0.25) is 0 Å². The van der Waals surface area contributed by atoms with Crippen molar-refractivity contribution in [3.63, 3.8) is 0 Å². The smallest absolute Gasteiger partial charge is 0.272 e. The van der Waals surface area contributed by atoms with Crippen molar-refractivity contribution in [2.24, 2.45) is 5.73 Å². The number of nitrogens with zero attached hydrogens (tertiary/aromatic N) is 2. The number of nitrogens with one attached hydrogen (secondary N) is 1. The first-order valence-corrected chi connectivity index (χ1v) is 9.55. The molecule has 1 heterocycles. The van der Waals surface area contributed by atoms with Crippen molar-refractivity contribution >= 4 is 11.8 Å². The summed E-state index contributed by atoms with van der Waals surface area (Å²) in [4.78, 5) is 24.5. The summed E-state index contributed by atoms with van der Waals surface area (Å²) in [5.41, 5.74) is 7.60. The van der Waals surface area contributed by atoms with Gasteiger partial charge >= 0.3 is 0 Å². The molecule has 2 aromatic carbocycles. The molecule has 0 radical (unpaired) electrons.